The normalized spacial score (nSPS) is 13.6. The van der Waals surface area contributed by atoms with Gasteiger partial charge in [-0.3, -0.25) is 4.79 Å². The number of aryl methyl sites for hydroxylation is 1. The van der Waals surface area contributed by atoms with Gasteiger partial charge in [-0.1, -0.05) is 55.5 Å². The molecule has 0 saturated carbocycles. The first-order valence-electron chi connectivity index (χ1n) is 6.91. The van der Waals surface area contributed by atoms with E-state index in [4.69, 9.17) is 4.74 Å². The molecule has 0 bridgehead atoms. The fourth-order valence-corrected chi connectivity index (χ4v) is 2.16. The number of hydrogen-bond donors (Lipinski definition) is 0. The van der Waals surface area contributed by atoms with Crippen LogP contribution in [0.25, 0.3) is 0 Å². The van der Waals surface area contributed by atoms with E-state index in [1.54, 1.807) is 0 Å². The van der Waals surface area contributed by atoms with Crippen LogP contribution in [0.5, 0.6) is 5.75 Å². The Morgan fingerprint density at radius 3 is 2.25 bits per heavy atom. The molecule has 1 unspecified atom stereocenters. The van der Waals surface area contributed by atoms with Crippen molar-refractivity contribution in [2.24, 2.45) is 0 Å². The Hall–Kier alpha value is -2.09. The maximum absolute atomic E-state index is 12.6. The van der Waals surface area contributed by atoms with Gasteiger partial charge in [0.05, 0.1) is 5.41 Å². The second kappa shape index (κ2) is 5.91. The molecular formula is C18H20O2. The predicted molar refractivity (Wildman–Crippen MR) is 80.9 cm³/mol. The van der Waals surface area contributed by atoms with Gasteiger partial charge in [-0.05, 0) is 37.5 Å². The van der Waals surface area contributed by atoms with Crippen molar-refractivity contribution in [1.29, 1.82) is 0 Å². The zero-order chi connectivity index (χ0) is 14.6. The number of benzene rings is 2. The minimum absolute atomic E-state index is 0.208. The van der Waals surface area contributed by atoms with Crippen molar-refractivity contribution < 1.29 is 9.53 Å². The van der Waals surface area contributed by atoms with E-state index >= 15 is 0 Å². The standard InChI is InChI=1S/C18H20O2/c1-4-18(3,15-11-6-5-7-12-15)17(19)20-16-13-9-8-10-14(16)2/h5-13H,4H2,1-3H3. The molecule has 0 spiro atoms. The summed E-state index contributed by atoms with van der Waals surface area (Å²) in [6.07, 6.45) is 0.696. The first kappa shape index (κ1) is 14.3. The topological polar surface area (TPSA) is 26.3 Å². The lowest BCUT2D eigenvalue weighted by atomic mass is 9.80. The van der Waals surface area contributed by atoms with Gasteiger partial charge < -0.3 is 4.74 Å². The molecular weight excluding hydrogens is 248 g/mol. The van der Waals surface area contributed by atoms with Gasteiger partial charge in [-0.25, -0.2) is 0 Å². The quantitative estimate of drug-likeness (QED) is 0.611. The number of hydrogen-bond acceptors (Lipinski definition) is 2. The summed E-state index contributed by atoms with van der Waals surface area (Å²) in [6, 6.07) is 17.4. The first-order chi connectivity index (χ1) is 9.58. The summed E-state index contributed by atoms with van der Waals surface area (Å²) in [5, 5.41) is 0. The number of carbonyl (C=O) groups excluding carboxylic acids is 1. The van der Waals surface area contributed by atoms with Crippen LogP contribution in [0.3, 0.4) is 0 Å². The molecule has 2 rings (SSSR count). The van der Waals surface area contributed by atoms with Crippen LogP contribution in [0.2, 0.25) is 0 Å². The maximum Gasteiger partial charge on any atom is 0.321 e. The third-order valence-electron chi connectivity index (χ3n) is 3.86. The lowest BCUT2D eigenvalue weighted by Gasteiger charge is -2.26. The highest BCUT2D eigenvalue weighted by Crippen LogP contribution is 2.30. The van der Waals surface area contributed by atoms with Crippen molar-refractivity contribution in [2.45, 2.75) is 32.6 Å². The lowest BCUT2D eigenvalue weighted by molar-refractivity contribution is -0.140. The first-order valence-corrected chi connectivity index (χ1v) is 6.91. The molecule has 20 heavy (non-hydrogen) atoms. The monoisotopic (exact) mass is 268 g/mol. The van der Waals surface area contributed by atoms with E-state index in [9.17, 15) is 4.79 Å². The lowest BCUT2D eigenvalue weighted by Crippen LogP contribution is -2.35. The number of ether oxygens (including phenoxy) is 1. The number of para-hydroxylation sites is 1. The van der Waals surface area contributed by atoms with Gasteiger partial charge in [-0.15, -0.1) is 0 Å². The van der Waals surface area contributed by atoms with E-state index in [0.717, 1.165) is 11.1 Å². The van der Waals surface area contributed by atoms with Crippen molar-refractivity contribution in [2.75, 3.05) is 0 Å². The van der Waals surface area contributed by atoms with Gasteiger partial charge in [0, 0.05) is 0 Å². The molecule has 2 heteroatoms. The Labute approximate surface area is 120 Å². The summed E-state index contributed by atoms with van der Waals surface area (Å²) in [6.45, 7) is 5.88. The van der Waals surface area contributed by atoms with E-state index in [1.807, 2.05) is 75.4 Å². The highest BCUT2D eigenvalue weighted by molar-refractivity contribution is 5.84. The molecule has 0 fully saturated rings. The molecule has 104 valence electrons. The predicted octanol–water partition coefficient (Wildman–Crippen LogP) is 4.27. The number of rotatable bonds is 4. The second-order valence-electron chi connectivity index (χ2n) is 5.21. The molecule has 1 atom stereocenters. The Balaban J connectivity index is 2.29. The van der Waals surface area contributed by atoms with Crippen molar-refractivity contribution in [3.8, 4) is 5.75 Å². The van der Waals surface area contributed by atoms with E-state index in [1.165, 1.54) is 0 Å². The largest absolute Gasteiger partial charge is 0.426 e. The molecule has 0 radical (unpaired) electrons. The van der Waals surface area contributed by atoms with Crippen molar-refractivity contribution in [3.63, 3.8) is 0 Å². The van der Waals surface area contributed by atoms with E-state index < -0.39 is 5.41 Å². The van der Waals surface area contributed by atoms with Crippen LogP contribution in [0.15, 0.2) is 54.6 Å². The molecule has 0 amide bonds. The van der Waals surface area contributed by atoms with Crippen molar-refractivity contribution >= 4 is 5.97 Å². The van der Waals surface area contributed by atoms with Gasteiger partial charge in [-0.2, -0.15) is 0 Å². The summed E-state index contributed by atoms with van der Waals surface area (Å²) in [4.78, 5) is 12.6. The third-order valence-corrected chi connectivity index (χ3v) is 3.86. The summed E-state index contributed by atoms with van der Waals surface area (Å²) < 4.78 is 5.62. The molecule has 0 N–H and O–H groups in total. The zero-order valence-corrected chi connectivity index (χ0v) is 12.2. The van der Waals surface area contributed by atoms with Crippen LogP contribution in [0.1, 0.15) is 31.4 Å². The third kappa shape index (κ3) is 2.74. The van der Waals surface area contributed by atoms with Gasteiger partial charge in [0.15, 0.2) is 0 Å². The second-order valence-corrected chi connectivity index (χ2v) is 5.21. The van der Waals surface area contributed by atoms with Crippen LogP contribution in [-0.4, -0.2) is 5.97 Å². The SMILES string of the molecule is CCC(C)(C(=O)Oc1ccccc1C)c1ccccc1. The van der Waals surface area contributed by atoms with Crippen molar-refractivity contribution in [1.82, 2.24) is 0 Å². The number of carbonyl (C=O) groups is 1. The minimum atomic E-state index is -0.621. The van der Waals surface area contributed by atoms with Crippen LogP contribution in [0, 0.1) is 6.92 Å². The summed E-state index contributed by atoms with van der Waals surface area (Å²) in [7, 11) is 0. The fourth-order valence-electron chi connectivity index (χ4n) is 2.16. The van der Waals surface area contributed by atoms with Gasteiger partial charge in [0.2, 0.25) is 0 Å². The molecule has 2 nitrogen and oxygen atoms in total. The Morgan fingerprint density at radius 2 is 1.65 bits per heavy atom. The average Bonchev–Trinajstić information content (AvgIpc) is 2.49. The molecule has 2 aromatic rings. The molecule has 0 aliphatic carbocycles. The highest BCUT2D eigenvalue weighted by Gasteiger charge is 2.35. The smallest absolute Gasteiger partial charge is 0.321 e. The van der Waals surface area contributed by atoms with Gasteiger partial charge in [0.25, 0.3) is 0 Å². The summed E-state index contributed by atoms with van der Waals surface area (Å²) in [5.41, 5.74) is 1.33. The van der Waals surface area contributed by atoms with Gasteiger partial charge in [0.1, 0.15) is 5.75 Å². The fraction of sp³-hybridized carbons (Fsp3) is 0.278. The number of esters is 1. The van der Waals surface area contributed by atoms with Crippen LogP contribution in [0.4, 0.5) is 0 Å². The average molecular weight is 268 g/mol. The molecule has 2 aromatic carbocycles. The molecule has 0 aromatic heterocycles. The maximum atomic E-state index is 12.6. The zero-order valence-electron chi connectivity index (χ0n) is 12.2. The Morgan fingerprint density at radius 1 is 1.05 bits per heavy atom. The van der Waals surface area contributed by atoms with Gasteiger partial charge >= 0.3 is 5.97 Å². The highest BCUT2D eigenvalue weighted by atomic mass is 16.5. The summed E-state index contributed by atoms with van der Waals surface area (Å²) in [5.74, 6) is 0.425. The van der Waals surface area contributed by atoms with Crippen molar-refractivity contribution in [3.05, 3.63) is 65.7 Å². The van der Waals surface area contributed by atoms with E-state index in [-0.39, 0.29) is 5.97 Å². The Bertz CT molecular complexity index is 589. The van der Waals surface area contributed by atoms with Crippen LogP contribution >= 0.6 is 0 Å². The molecule has 0 saturated heterocycles. The summed E-state index contributed by atoms with van der Waals surface area (Å²) >= 11 is 0. The van der Waals surface area contributed by atoms with Crippen LogP contribution < -0.4 is 4.74 Å². The van der Waals surface area contributed by atoms with E-state index in [2.05, 4.69) is 0 Å². The molecule has 0 aliphatic rings. The van der Waals surface area contributed by atoms with E-state index in [0.29, 0.717) is 12.2 Å². The molecule has 0 heterocycles. The Kier molecular flexibility index (Phi) is 4.23. The molecule has 0 aliphatic heterocycles. The van der Waals surface area contributed by atoms with Crippen LogP contribution in [-0.2, 0) is 10.2 Å². The minimum Gasteiger partial charge on any atom is -0.426 e.